The van der Waals surface area contributed by atoms with Crippen LogP contribution in [0, 0.1) is 0 Å². The van der Waals surface area contributed by atoms with Gasteiger partial charge in [0.25, 0.3) is 0 Å². The molecule has 0 saturated carbocycles. The lowest BCUT2D eigenvalue weighted by Gasteiger charge is -2.10. The van der Waals surface area contributed by atoms with Crippen molar-refractivity contribution in [2.75, 3.05) is 0 Å². The Kier molecular flexibility index (Phi) is 3.67. The Morgan fingerprint density at radius 2 is 1.95 bits per heavy atom. The van der Waals surface area contributed by atoms with Gasteiger partial charge in [-0.05, 0) is 24.3 Å². The van der Waals surface area contributed by atoms with Gasteiger partial charge in [0.15, 0.2) is 0 Å². The maximum atomic E-state index is 5.99. The monoisotopic (exact) mass is 305 g/mol. The van der Waals surface area contributed by atoms with Gasteiger partial charge in [-0.2, -0.15) is 0 Å². The second-order valence-corrected chi connectivity index (χ2v) is 4.64. The lowest BCUT2D eigenvalue weighted by molar-refractivity contribution is 0.462. The number of rotatable bonds is 3. The van der Waals surface area contributed by atoms with Crippen molar-refractivity contribution in [3.63, 3.8) is 0 Å². The Bertz CT molecular complexity index is 759. The summed E-state index contributed by atoms with van der Waals surface area (Å²) in [4.78, 5) is 12.3. The van der Waals surface area contributed by atoms with Crippen molar-refractivity contribution in [1.82, 2.24) is 15.0 Å². The van der Waals surface area contributed by atoms with Crippen LogP contribution in [-0.2, 0) is 5.88 Å². The molecule has 0 saturated heterocycles. The highest BCUT2D eigenvalue weighted by Crippen LogP contribution is 2.31. The number of hydrogen-bond donors (Lipinski definition) is 0. The first kappa shape index (κ1) is 13.1. The van der Waals surface area contributed by atoms with Crippen molar-refractivity contribution < 1.29 is 4.74 Å². The summed E-state index contributed by atoms with van der Waals surface area (Å²) in [5.41, 5.74) is 1.41. The summed E-state index contributed by atoms with van der Waals surface area (Å²) in [6.45, 7) is 0. The lowest BCUT2D eigenvalue weighted by atomic mass is 10.2. The van der Waals surface area contributed by atoms with Crippen molar-refractivity contribution in [3.05, 3.63) is 53.6 Å². The van der Waals surface area contributed by atoms with E-state index in [1.165, 1.54) is 6.33 Å². The van der Waals surface area contributed by atoms with Gasteiger partial charge in [0.2, 0.25) is 5.88 Å². The molecule has 4 nitrogen and oxygen atoms in total. The fraction of sp³-hybridized carbons (Fsp3) is 0.0714. The SMILES string of the molecule is ClCc1c(Cl)ncnc1Oc1cccc2ncccc12. The van der Waals surface area contributed by atoms with Crippen molar-refractivity contribution in [2.24, 2.45) is 0 Å². The summed E-state index contributed by atoms with van der Waals surface area (Å²) in [6.07, 6.45) is 3.08. The molecule has 100 valence electrons. The molecule has 0 radical (unpaired) electrons. The maximum Gasteiger partial charge on any atom is 0.228 e. The summed E-state index contributed by atoms with van der Waals surface area (Å²) < 4.78 is 5.83. The van der Waals surface area contributed by atoms with Crippen LogP contribution < -0.4 is 4.74 Å². The van der Waals surface area contributed by atoms with E-state index in [1.54, 1.807) is 6.20 Å². The number of fused-ring (bicyclic) bond motifs is 1. The normalized spacial score (nSPS) is 10.7. The van der Waals surface area contributed by atoms with E-state index >= 15 is 0 Å². The number of pyridine rings is 1. The molecule has 0 aliphatic carbocycles. The number of aromatic nitrogens is 3. The molecule has 0 atom stereocenters. The Morgan fingerprint density at radius 1 is 1.05 bits per heavy atom. The predicted molar refractivity (Wildman–Crippen MR) is 78.4 cm³/mol. The largest absolute Gasteiger partial charge is 0.438 e. The van der Waals surface area contributed by atoms with Gasteiger partial charge in [-0.3, -0.25) is 4.98 Å². The van der Waals surface area contributed by atoms with Crippen LogP contribution in [0.1, 0.15) is 5.56 Å². The van der Waals surface area contributed by atoms with E-state index in [2.05, 4.69) is 15.0 Å². The van der Waals surface area contributed by atoms with Crippen molar-refractivity contribution in [2.45, 2.75) is 5.88 Å². The maximum absolute atomic E-state index is 5.99. The van der Waals surface area contributed by atoms with Crippen LogP contribution in [0.2, 0.25) is 5.15 Å². The van der Waals surface area contributed by atoms with E-state index < -0.39 is 0 Å². The fourth-order valence-corrected chi connectivity index (χ4v) is 2.35. The van der Waals surface area contributed by atoms with Crippen LogP contribution >= 0.6 is 23.2 Å². The second-order valence-electron chi connectivity index (χ2n) is 4.01. The first-order valence-electron chi connectivity index (χ1n) is 5.86. The molecule has 0 spiro atoms. The summed E-state index contributed by atoms with van der Waals surface area (Å²) in [6, 6.07) is 9.41. The van der Waals surface area contributed by atoms with Gasteiger partial charge in [-0.15, -0.1) is 11.6 Å². The lowest BCUT2D eigenvalue weighted by Crippen LogP contribution is -1.96. The van der Waals surface area contributed by atoms with Crippen LogP contribution in [0.4, 0.5) is 0 Å². The number of halogens is 2. The van der Waals surface area contributed by atoms with Crippen LogP contribution in [-0.4, -0.2) is 15.0 Å². The zero-order valence-corrected chi connectivity index (χ0v) is 11.8. The van der Waals surface area contributed by atoms with Gasteiger partial charge < -0.3 is 4.74 Å². The van der Waals surface area contributed by atoms with Crippen LogP contribution in [0.3, 0.4) is 0 Å². The minimum atomic E-state index is 0.179. The summed E-state index contributed by atoms with van der Waals surface area (Å²) >= 11 is 11.9. The number of alkyl halides is 1. The first-order valence-corrected chi connectivity index (χ1v) is 6.78. The smallest absolute Gasteiger partial charge is 0.228 e. The summed E-state index contributed by atoms with van der Waals surface area (Å²) in [7, 11) is 0. The molecule has 0 amide bonds. The molecule has 0 aliphatic heterocycles. The number of ether oxygens (including phenoxy) is 1. The van der Waals surface area contributed by atoms with Crippen molar-refractivity contribution in [3.8, 4) is 11.6 Å². The quantitative estimate of drug-likeness (QED) is 0.537. The van der Waals surface area contributed by atoms with E-state index in [9.17, 15) is 0 Å². The molecule has 2 aromatic heterocycles. The van der Waals surface area contributed by atoms with Crippen molar-refractivity contribution >= 4 is 34.1 Å². The molecule has 6 heteroatoms. The Hall–Kier alpha value is -1.91. The molecule has 0 aliphatic rings. The van der Waals surface area contributed by atoms with Gasteiger partial charge in [0.1, 0.15) is 17.2 Å². The Labute approximate surface area is 125 Å². The first-order chi connectivity index (χ1) is 9.79. The third kappa shape index (κ3) is 2.40. The van der Waals surface area contributed by atoms with Crippen LogP contribution in [0.25, 0.3) is 10.9 Å². The highest BCUT2D eigenvalue weighted by atomic mass is 35.5. The highest BCUT2D eigenvalue weighted by molar-refractivity contribution is 6.31. The number of benzene rings is 1. The summed E-state index contributed by atoms with van der Waals surface area (Å²) in [5.74, 6) is 1.19. The molecule has 20 heavy (non-hydrogen) atoms. The molecular formula is C14H9Cl2N3O. The third-order valence-electron chi connectivity index (χ3n) is 2.80. The summed E-state index contributed by atoms with van der Waals surface area (Å²) in [5, 5.41) is 1.19. The average molecular weight is 306 g/mol. The molecule has 0 fully saturated rings. The second kappa shape index (κ2) is 5.61. The van der Waals surface area contributed by atoms with E-state index in [0.29, 0.717) is 22.3 Å². The number of hydrogen-bond acceptors (Lipinski definition) is 4. The fourth-order valence-electron chi connectivity index (χ4n) is 1.84. The van der Waals surface area contributed by atoms with Gasteiger partial charge in [0, 0.05) is 11.6 Å². The van der Waals surface area contributed by atoms with E-state index in [-0.39, 0.29) is 5.88 Å². The standard InChI is InChI=1S/C14H9Cl2N3O/c15-7-10-13(16)18-8-19-14(10)20-12-5-1-4-11-9(12)3-2-6-17-11/h1-6,8H,7H2. The highest BCUT2D eigenvalue weighted by Gasteiger charge is 2.12. The molecule has 0 N–H and O–H groups in total. The van der Waals surface area contributed by atoms with E-state index in [4.69, 9.17) is 27.9 Å². The predicted octanol–water partition coefficient (Wildman–Crippen LogP) is 4.21. The van der Waals surface area contributed by atoms with Gasteiger partial charge in [-0.25, -0.2) is 9.97 Å². The minimum Gasteiger partial charge on any atom is -0.438 e. The topological polar surface area (TPSA) is 47.9 Å². The van der Waals surface area contributed by atoms with Gasteiger partial charge in [-0.1, -0.05) is 17.7 Å². The van der Waals surface area contributed by atoms with Gasteiger partial charge >= 0.3 is 0 Å². The zero-order valence-electron chi connectivity index (χ0n) is 10.3. The van der Waals surface area contributed by atoms with Crippen LogP contribution in [0.15, 0.2) is 42.9 Å². The molecule has 1 aromatic carbocycles. The molecule has 0 unspecified atom stereocenters. The van der Waals surface area contributed by atoms with Crippen molar-refractivity contribution in [1.29, 1.82) is 0 Å². The molecule has 2 heterocycles. The van der Waals surface area contributed by atoms with Crippen LogP contribution in [0.5, 0.6) is 11.6 Å². The minimum absolute atomic E-state index is 0.179. The third-order valence-corrected chi connectivity index (χ3v) is 3.39. The molecule has 3 aromatic rings. The zero-order chi connectivity index (χ0) is 13.9. The molecular weight excluding hydrogens is 297 g/mol. The van der Waals surface area contributed by atoms with Gasteiger partial charge in [0.05, 0.1) is 17.0 Å². The molecule has 0 bridgehead atoms. The van der Waals surface area contributed by atoms with E-state index in [0.717, 1.165) is 10.9 Å². The number of nitrogens with zero attached hydrogens (tertiary/aromatic N) is 3. The van der Waals surface area contributed by atoms with E-state index in [1.807, 2.05) is 30.3 Å². The Balaban J connectivity index is 2.08. The Morgan fingerprint density at radius 3 is 2.80 bits per heavy atom. The molecule has 3 rings (SSSR count). The average Bonchev–Trinajstić information content (AvgIpc) is 2.48.